The molecule has 14 heavy (non-hydrogen) atoms. The van der Waals surface area contributed by atoms with Crippen LogP contribution in [0.4, 0.5) is 10.5 Å². The Bertz CT molecular complexity index is 311. The first-order valence-corrected chi connectivity index (χ1v) is 4.36. The molecule has 0 aliphatic carbocycles. The topological polar surface area (TPSA) is 49.4 Å². The van der Waals surface area contributed by atoms with Gasteiger partial charge in [-0.3, -0.25) is 9.69 Å². The molecule has 0 aliphatic rings. The second-order valence-electron chi connectivity index (χ2n) is 2.69. The molecule has 0 unspecified atom stereocenters. The zero-order valence-electron chi connectivity index (χ0n) is 7.93. The maximum atomic E-state index is 11.4. The number of benzene rings is 1. The lowest BCUT2D eigenvalue weighted by Gasteiger charge is -2.13. The van der Waals surface area contributed by atoms with E-state index in [1.165, 1.54) is 0 Å². The summed E-state index contributed by atoms with van der Waals surface area (Å²) in [5.41, 5.74) is 0.679. The molecule has 0 heterocycles. The Morgan fingerprint density at radius 3 is 2.57 bits per heavy atom. The van der Waals surface area contributed by atoms with E-state index in [2.05, 4.69) is 5.32 Å². The number of nitrogens with zero attached hydrogens (tertiary/aromatic N) is 1. The molecule has 0 spiro atoms. The summed E-state index contributed by atoms with van der Waals surface area (Å²) in [4.78, 5) is 22.9. The molecule has 1 N–H and O–H groups in total. The number of urea groups is 1. The predicted molar refractivity (Wildman–Crippen MR) is 53.9 cm³/mol. The minimum absolute atomic E-state index is 0.363. The van der Waals surface area contributed by atoms with Crippen LogP contribution in [-0.2, 0) is 4.79 Å². The number of carbonyl (C=O) groups excluding carboxylic acids is 2. The molecule has 1 aromatic carbocycles. The molecule has 0 aliphatic heterocycles. The molecule has 0 saturated carbocycles. The molecule has 4 nitrogen and oxygen atoms in total. The summed E-state index contributed by atoms with van der Waals surface area (Å²) >= 11 is 0. The fourth-order valence-electron chi connectivity index (χ4n) is 0.983. The van der Waals surface area contributed by atoms with Crippen LogP contribution in [0.1, 0.15) is 6.92 Å². The van der Waals surface area contributed by atoms with Crippen LogP contribution in [0.3, 0.4) is 0 Å². The van der Waals surface area contributed by atoms with E-state index in [1.807, 2.05) is 18.2 Å². The first-order chi connectivity index (χ1) is 6.77. The van der Waals surface area contributed by atoms with Crippen LogP contribution in [0.2, 0.25) is 0 Å². The summed E-state index contributed by atoms with van der Waals surface area (Å²) in [5.74, 6) is 0. The van der Waals surface area contributed by atoms with Gasteiger partial charge in [0, 0.05) is 12.2 Å². The van der Waals surface area contributed by atoms with E-state index in [-0.39, 0.29) is 0 Å². The maximum Gasteiger partial charge on any atom is 0.328 e. The molecule has 1 rings (SSSR count). The maximum absolute atomic E-state index is 11.4. The van der Waals surface area contributed by atoms with E-state index >= 15 is 0 Å². The average molecular weight is 192 g/mol. The number of rotatable bonds is 3. The van der Waals surface area contributed by atoms with Gasteiger partial charge in [-0.15, -0.1) is 0 Å². The van der Waals surface area contributed by atoms with E-state index in [9.17, 15) is 9.59 Å². The van der Waals surface area contributed by atoms with Gasteiger partial charge >= 0.3 is 6.03 Å². The van der Waals surface area contributed by atoms with Crippen LogP contribution in [0.15, 0.2) is 30.3 Å². The van der Waals surface area contributed by atoms with Gasteiger partial charge in [-0.2, -0.15) is 0 Å². The van der Waals surface area contributed by atoms with Crippen LogP contribution in [0.25, 0.3) is 0 Å². The fraction of sp³-hybridized carbons (Fsp3) is 0.200. The number of anilines is 1. The molecule has 74 valence electrons. The third-order valence-corrected chi connectivity index (χ3v) is 1.75. The minimum Gasteiger partial charge on any atom is -0.307 e. The number of nitrogens with one attached hydrogen (secondary N) is 1. The smallest absolute Gasteiger partial charge is 0.307 e. The Hall–Kier alpha value is -1.84. The van der Waals surface area contributed by atoms with Crippen molar-refractivity contribution in [3.05, 3.63) is 30.3 Å². The third kappa shape index (κ3) is 2.58. The lowest BCUT2D eigenvalue weighted by Crippen LogP contribution is -2.33. The monoisotopic (exact) mass is 192 g/mol. The molecule has 0 radical (unpaired) electrons. The van der Waals surface area contributed by atoms with Gasteiger partial charge in [0.15, 0.2) is 0 Å². The average Bonchev–Trinajstić information content (AvgIpc) is 2.21. The SMILES string of the molecule is CCN(C=O)C(=O)Nc1ccccc1. The van der Waals surface area contributed by atoms with Gasteiger partial charge in [0.05, 0.1) is 0 Å². The zero-order valence-corrected chi connectivity index (χ0v) is 7.93. The van der Waals surface area contributed by atoms with Crippen LogP contribution in [-0.4, -0.2) is 23.9 Å². The van der Waals surface area contributed by atoms with Crippen molar-refractivity contribution < 1.29 is 9.59 Å². The largest absolute Gasteiger partial charge is 0.328 e. The number of para-hydroxylation sites is 1. The van der Waals surface area contributed by atoms with Crippen molar-refractivity contribution >= 4 is 18.1 Å². The highest BCUT2D eigenvalue weighted by Crippen LogP contribution is 2.05. The van der Waals surface area contributed by atoms with E-state index in [0.29, 0.717) is 18.6 Å². The van der Waals surface area contributed by atoms with Gasteiger partial charge in [-0.05, 0) is 19.1 Å². The summed E-state index contributed by atoms with van der Waals surface area (Å²) in [7, 11) is 0. The van der Waals surface area contributed by atoms with Crippen LogP contribution in [0, 0.1) is 0 Å². The second-order valence-corrected chi connectivity index (χ2v) is 2.69. The van der Waals surface area contributed by atoms with E-state index in [0.717, 1.165) is 4.90 Å². The molecule has 0 saturated heterocycles. The van der Waals surface area contributed by atoms with Gasteiger partial charge in [0.2, 0.25) is 6.41 Å². The fourth-order valence-corrected chi connectivity index (χ4v) is 0.983. The summed E-state index contributed by atoms with van der Waals surface area (Å²) in [6, 6.07) is 8.59. The van der Waals surface area contributed by atoms with Crippen LogP contribution >= 0.6 is 0 Å². The van der Waals surface area contributed by atoms with Crippen molar-refractivity contribution in [3.63, 3.8) is 0 Å². The minimum atomic E-state index is -0.409. The third-order valence-electron chi connectivity index (χ3n) is 1.75. The van der Waals surface area contributed by atoms with Crippen molar-refractivity contribution in [1.82, 2.24) is 4.90 Å². The van der Waals surface area contributed by atoms with Crippen molar-refractivity contribution in [2.75, 3.05) is 11.9 Å². The van der Waals surface area contributed by atoms with Crippen molar-refractivity contribution in [2.24, 2.45) is 0 Å². The first kappa shape index (κ1) is 10.2. The summed E-state index contributed by atoms with van der Waals surface area (Å²) in [5, 5.41) is 2.60. The molecular weight excluding hydrogens is 180 g/mol. The molecular formula is C10H12N2O2. The van der Waals surface area contributed by atoms with E-state index in [1.54, 1.807) is 19.1 Å². The highest BCUT2D eigenvalue weighted by Gasteiger charge is 2.09. The Morgan fingerprint density at radius 1 is 1.43 bits per heavy atom. The summed E-state index contributed by atoms with van der Waals surface area (Å²) in [6.07, 6.45) is 0.512. The summed E-state index contributed by atoms with van der Waals surface area (Å²) in [6.45, 7) is 2.10. The number of hydrogen-bond acceptors (Lipinski definition) is 2. The number of carbonyl (C=O) groups is 2. The summed E-state index contributed by atoms with van der Waals surface area (Å²) < 4.78 is 0. The molecule has 0 aromatic heterocycles. The Kier molecular flexibility index (Phi) is 3.67. The van der Waals surface area contributed by atoms with Gasteiger partial charge in [0.25, 0.3) is 0 Å². The first-order valence-electron chi connectivity index (χ1n) is 4.36. The normalized spacial score (nSPS) is 9.21. The predicted octanol–water partition coefficient (Wildman–Crippen LogP) is 1.70. The van der Waals surface area contributed by atoms with Gasteiger partial charge in [0.1, 0.15) is 0 Å². The molecule has 0 atom stereocenters. The molecule has 3 amide bonds. The number of hydrogen-bond donors (Lipinski definition) is 1. The molecule has 4 heteroatoms. The quantitative estimate of drug-likeness (QED) is 0.741. The Labute approximate surface area is 82.5 Å². The van der Waals surface area contributed by atoms with E-state index in [4.69, 9.17) is 0 Å². The second kappa shape index (κ2) is 5.01. The van der Waals surface area contributed by atoms with Gasteiger partial charge in [-0.1, -0.05) is 18.2 Å². The van der Waals surface area contributed by atoms with Gasteiger partial charge < -0.3 is 5.32 Å². The lowest BCUT2D eigenvalue weighted by atomic mass is 10.3. The van der Waals surface area contributed by atoms with Gasteiger partial charge in [-0.25, -0.2) is 4.79 Å². The van der Waals surface area contributed by atoms with Crippen LogP contribution in [0.5, 0.6) is 0 Å². The standard InChI is InChI=1S/C10H12N2O2/c1-2-12(8-13)10(14)11-9-6-4-3-5-7-9/h3-8H,2H2,1H3,(H,11,14). The highest BCUT2D eigenvalue weighted by molar-refractivity contribution is 5.95. The number of amides is 3. The molecule has 1 aromatic rings. The Balaban J connectivity index is 2.61. The van der Waals surface area contributed by atoms with E-state index < -0.39 is 6.03 Å². The zero-order chi connectivity index (χ0) is 10.4. The highest BCUT2D eigenvalue weighted by atomic mass is 16.2. The Morgan fingerprint density at radius 2 is 2.07 bits per heavy atom. The lowest BCUT2D eigenvalue weighted by molar-refractivity contribution is -0.115. The van der Waals surface area contributed by atoms with Crippen molar-refractivity contribution in [3.8, 4) is 0 Å². The van der Waals surface area contributed by atoms with Crippen molar-refractivity contribution in [2.45, 2.75) is 6.92 Å². The van der Waals surface area contributed by atoms with Crippen LogP contribution < -0.4 is 5.32 Å². The molecule has 0 bridgehead atoms. The number of imide groups is 1. The molecule has 0 fully saturated rings. The van der Waals surface area contributed by atoms with Crippen molar-refractivity contribution in [1.29, 1.82) is 0 Å².